The van der Waals surface area contributed by atoms with Crippen molar-refractivity contribution in [2.45, 2.75) is 18.2 Å². The Morgan fingerprint density at radius 2 is 1.65 bits per heavy atom. The molecule has 0 aliphatic heterocycles. The number of rotatable bonds is 8. The van der Waals surface area contributed by atoms with Crippen LogP contribution < -0.4 is 10.0 Å². The summed E-state index contributed by atoms with van der Waals surface area (Å²) in [5.74, 6) is -1.08. The molecule has 0 bridgehead atoms. The Morgan fingerprint density at radius 1 is 1.00 bits per heavy atom. The highest BCUT2D eigenvalue weighted by molar-refractivity contribution is 7.92. The van der Waals surface area contributed by atoms with Crippen LogP contribution in [0.25, 0.3) is 0 Å². The Hall–Kier alpha value is -2.87. The number of benzene rings is 2. The van der Waals surface area contributed by atoms with Crippen LogP contribution in [0.4, 0.5) is 5.69 Å². The Balaban J connectivity index is 1.98. The zero-order valence-corrected chi connectivity index (χ0v) is 15.1. The molecule has 2 aromatic carbocycles. The maximum Gasteiger partial charge on any atom is 0.338 e. The molecule has 7 nitrogen and oxygen atoms in total. The molecule has 0 saturated carbocycles. The molecule has 8 heteroatoms. The van der Waals surface area contributed by atoms with Crippen molar-refractivity contribution in [1.29, 1.82) is 0 Å². The lowest BCUT2D eigenvalue weighted by molar-refractivity contribution is -0.124. The minimum Gasteiger partial charge on any atom is -0.452 e. The van der Waals surface area contributed by atoms with Crippen LogP contribution in [-0.2, 0) is 19.6 Å². The number of amides is 1. The molecule has 0 heterocycles. The normalized spacial score (nSPS) is 10.8. The van der Waals surface area contributed by atoms with Gasteiger partial charge in [0.1, 0.15) is 0 Å². The molecule has 0 aliphatic rings. The Bertz CT molecular complexity index is 849. The second kappa shape index (κ2) is 9.00. The zero-order chi connectivity index (χ0) is 19.0. The van der Waals surface area contributed by atoms with E-state index < -0.39 is 16.0 Å². The van der Waals surface area contributed by atoms with Crippen LogP contribution in [0.15, 0.2) is 59.5 Å². The van der Waals surface area contributed by atoms with Crippen molar-refractivity contribution in [3.63, 3.8) is 0 Å². The molecule has 0 aliphatic carbocycles. The molecule has 0 atom stereocenters. The number of sulfonamides is 1. The van der Waals surface area contributed by atoms with Gasteiger partial charge in [0, 0.05) is 12.2 Å². The van der Waals surface area contributed by atoms with E-state index in [4.69, 9.17) is 4.74 Å². The molecular formula is C18H20N2O5S. The lowest BCUT2D eigenvalue weighted by atomic mass is 10.2. The average Bonchev–Trinajstić information content (AvgIpc) is 2.65. The highest BCUT2D eigenvalue weighted by atomic mass is 32.2. The maximum atomic E-state index is 12.3. The zero-order valence-electron chi connectivity index (χ0n) is 14.3. The number of anilines is 1. The fourth-order valence-electron chi connectivity index (χ4n) is 2.02. The van der Waals surface area contributed by atoms with Gasteiger partial charge in [-0.3, -0.25) is 9.52 Å². The summed E-state index contributed by atoms with van der Waals surface area (Å²) in [6.07, 6.45) is 0.784. The summed E-state index contributed by atoms with van der Waals surface area (Å²) in [6, 6.07) is 13.8. The van der Waals surface area contributed by atoms with Crippen molar-refractivity contribution in [3.05, 3.63) is 60.2 Å². The van der Waals surface area contributed by atoms with Crippen molar-refractivity contribution in [1.82, 2.24) is 5.32 Å². The third-order valence-corrected chi connectivity index (χ3v) is 4.73. The largest absolute Gasteiger partial charge is 0.452 e. The lowest BCUT2D eigenvalue weighted by Gasteiger charge is -2.09. The Labute approximate surface area is 152 Å². The first kappa shape index (κ1) is 19.5. The van der Waals surface area contributed by atoms with Crippen molar-refractivity contribution < 1.29 is 22.7 Å². The molecule has 0 unspecified atom stereocenters. The summed E-state index contributed by atoms with van der Waals surface area (Å²) in [7, 11) is -3.76. The summed E-state index contributed by atoms with van der Waals surface area (Å²) in [5.41, 5.74) is 0.598. The van der Waals surface area contributed by atoms with Crippen LogP contribution in [0.1, 0.15) is 23.7 Å². The molecule has 138 valence electrons. The third-order valence-electron chi connectivity index (χ3n) is 3.33. The van der Waals surface area contributed by atoms with E-state index in [0.717, 1.165) is 6.42 Å². The van der Waals surface area contributed by atoms with Crippen LogP contribution in [0.3, 0.4) is 0 Å². The number of esters is 1. The summed E-state index contributed by atoms with van der Waals surface area (Å²) in [4.78, 5) is 23.3. The van der Waals surface area contributed by atoms with Crippen molar-refractivity contribution in [3.8, 4) is 0 Å². The highest BCUT2D eigenvalue weighted by Gasteiger charge is 2.16. The van der Waals surface area contributed by atoms with Gasteiger partial charge >= 0.3 is 5.97 Å². The summed E-state index contributed by atoms with van der Waals surface area (Å²) in [5, 5.41) is 2.59. The number of para-hydroxylation sites is 1. The third kappa shape index (κ3) is 5.59. The van der Waals surface area contributed by atoms with Gasteiger partial charge in [0.15, 0.2) is 6.61 Å². The first-order valence-corrected chi connectivity index (χ1v) is 9.52. The molecule has 0 spiro atoms. The number of ether oxygens (including phenoxy) is 1. The van der Waals surface area contributed by atoms with Crippen LogP contribution in [-0.4, -0.2) is 33.4 Å². The second-order valence-electron chi connectivity index (χ2n) is 5.42. The first-order valence-electron chi connectivity index (χ1n) is 8.04. The molecular weight excluding hydrogens is 356 g/mol. The van der Waals surface area contributed by atoms with Crippen LogP contribution in [0.2, 0.25) is 0 Å². The van der Waals surface area contributed by atoms with Gasteiger partial charge in [-0.2, -0.15) is 0 Å². The molecule has 0 saturated heterocycles. The van der Waals surface area contributed by atoms with E-state index in [1.807, 2.05) is 6.92 Å². The van der Waals surface area contributed by atoms with Gasteiger partial charge in [0.2, 0.25) is 0 Å². The van der Waals surface area contributed by atoms with Gasteiger partial charge in [0.05, 0.1) is 10.5 Å². The Kier molecular flexibility index (Phi) is 6.74. The molecule has 2 rings (SSSR count). The molecule has 0 aromatic heterocycles. The van der Waals surface area contributed by atoms with E-state index in [9.17, 15) is 18.0 Å². The molecule has 2 N–H and O–H groups in total. The van der Waals surface area contributed by atoms with Crippen molar-refractivity contribution in [2.24, 2.45) is 0 Å². The van der Waals surface area contributed by atoms with Gasteiger partial charge < -0.3 is 10.1 Å². The minimum atomic E-state index is -3.76. The monoisotopic (exact) mass is 376 g/mol. The fraction of sp³-hybridized carbons (Fsp3) is 0.222. The maximum absolute atomic E-state index is 12.3. The van der Waals surface area contributed by atoms with Gasteiger partial charge in [0.25, 0.3) is 15.9 Å². The van der Waals surface area contributed by atoms with Gasteiger partial charge in [-0.05, 0) is 42.8 Å². The predicted molar refractivity (Wildman–Crippen MR) is 97.3 cm³/mol. The first-order chi connectivity index (χ1) is 12.4. The molecule has 26 heavy (non-hydrogen) atoms. The number of nitrogens with one attached hydrogen (secondary N) is 2. The summed E-state index contributed by atoms with van der Waals surface area (Å²) < 4.78 is 32.0. The van der Waals surface area contributed by atoms with Crippen LogP contribution in [0.5, 0.6) is 0 Å². The van der Waals surface area contributed by atoms with E-state index in [1.165, 1.54) is 24.3 Å². The summed E-state index contributed by atoms with van der Waals surface area (Å²) in [6.45, 7) is 2.04. The molecule has 1 amide bonds. The lowest BCUT2D eigenvalue weighted by Crippen LogP contribution is -2.29. The summed E-state index contributed by atoms with van der Waals surface area (Å²) >= 11 is 0. The van der Waals surface area contributed by atoms with Gasteiger partial charge in [-0.15, -0.1) is 0 Å². The van der Waals surface area contributed by atoms with Crippen molar-refractivity contribution in [2.75, 3.05) is 17.9 Å². The van der Waals surface area contributed by atoms with Gasteiger partial charge in [-0.1, -0.05) is 25.1 Å². The van der Waals surface area contributed by atoms with E-state index >= 15 is 0 Å². The Morgan fingerprint density at radius 3 is 2.27 bits per heavy atom. The van der Waals surface area contributed by atoms with E-state index in [-0.39, 0.29) is 23.0 Å². The van der Waals surface area contributed by atoms with Crippen molar-refractivity contribution >= 4 is 27.6 Å². The highest BCUT2D eigenvalue weighted by Crippen LogP contribution is 2.16. The molecule has 2 aromatic rings. The minimum absolute atomic E-state index is 0.0126. The van der Waals surface area contributed by atoms with Crippen LogP contribution in [0, 0.1) is 0 Å². The smallest absolute Gasteiger partial charge is 0.338 e. The average molecular weight is 376 g/mol. The van der Waals surface area contributed by atoms with E-state index in [0.29, 0.717) is 12.2 Å². The number of hydrogen-bond acceptors (Lipinski definition) is 5. The van der Waals surface area contributed by atoms with Gasteiger partial charge in [-0.25, -0.2) is 13.2 Å². The molecule has 0 fully saturated rings. The standard InChI is InChI=1S/C18H20N2O5S/c1-2-12-19-17(21)13-25-18(22)14-8-10-16(11-9-14)26(23,24)20-15-6-4-3-5-7-15/h3-11,20H,2,12-13H2,1H3,(H,19,21). The predicted octanol–water partition coefficient (Wildman–Crippen LogP) is 2.17. The van der Waals surface area contributed by atoms with E-state index in [2.05, 4.69) is 10.0 Å². The number of carbonyl (C=O) groups is 2. The quantitative estimate of drug-likeness (QED) is 0.688. The number of hydrogen-bond donors (Lipinski definition) is 2. The van der Waals surface area contributed by atoms with E-state index in [1.54, 1.807) is 30.3 Å². The van der Waals surface area contributed by atoms with Crippen LogP contribution >= 0.6 is 0 Å². The topological polar surface area (TPSA) is 102 Å². The number of carbonyl (C=O) groups excluding carboxylic acids is 2. The second-order valence-corrected chi connectivity index (χ2v) is 7.10. The molecule has 0 radical (unpaired) electrons. The SMILES string of the molecule is CCCNC(=O)COC(=O)c1ccc(S(=O)(=O)Nc2ccccc2)cc1. The fourth-order valence-corrected chi connectivity index (χ4v) is 3.08.